The van der Waals surface area contributed by atoms with Gasteiger partial charge in [-0.3, -0.25) is 4.79 Å². The lowest BCUT2D eigenvalue weighted by atomic mass is 9.76. The van der Waals surface area contributed by atoms with Gasteiger partial charge in [-0.1, -0.05) is 13.8 Å². The van der Waals surface area contributed by atoms with Crippen molar-refractivity contribution in [3.05, 3.63) is 24.2 Å². The summed E-state index contributed by atoms with van der Waals surface area (Å²) in [5, 5.41) is 0. The Hall–Kier alpha value is -1.09. The molecule has 0 radical (unpaired) electrons. The smallest absolute Gasteiger partial charge is 0.144 e. The Morgan fingerprint density at radius 3 is 2.53 bits per heavy atom. The number of rotatable bonds is 6. The minimum absolute atomic E-state index is 0.219. The molecule has 1 aromatic heterocycles. The van der Waals surface area contributed by atoms with Gasteiger partial charge in [0.15, 0.2) is 0 Å². The first-order valence-corrected chi connectivity index (χ1v) is 5.43. The van der Waals surface area contributed by atoms with Gasteiger partial charge in [-0.25, -0.2) is 0 Å². The first-order chi connectivity index (χ1) is 7.18. The van der Waals surface area contributed by atoms with Crippen LogP contribution in [0.4, 0.5) is 0 Å². The zero-order chi connectivity index (χ0) is 11.3. The molecule has 3 heteroatoms. The molecule has 0 aliphatic carbocycles. The van der Waals surface area contributed by atoms with Crippen molar-refractivity contribution in [2.24, 2.45) is 11.1 Å². The van der Waals surface area contributed by atoms with E-state index < -0.39 is 0 Å². The number of carbonyl (C=O) groups excluding carboxylic acids is 1. The number of furan rings is 1. The van der Waals surface area contributed by atoms with Gasteiger partial charge >= 0.3 is 0 Å². The lowest BCUT2D eigenvalue weighted by molar-refractivity contribution is -0.128. The SMILES string of the molecule is CCC(CC)(CN)C(=O)Cc1ccoc1. The Morgan fingerprint density at radius 1 is 1.47 bits per heavy atom. The molecule has 0 bridgehead atoms. The third-order valence-corrected chi connectivity index (χ3v) is 3.28. The van der Waals surface area contributed by atoms with E-state index in [0.29, 0.717) is 13.0 Å². The molecule has 0 spiro atoms. The Balaban J connectivity index is 2.73. The highest BCUT2D eigenvalue weighted by Crippen LogP contribution is 2.27. The summed E-state index contributed by atoms with van der Waals surface area (Å²) in [6.45, 7) is 4.46. The maximum atomic E-state index is 12.1. The number of carbonyl (C=O) groups is 1. The van der Waals surface area contributed by atoms with Crippen molar-refractivity contribution in [3.63, 3.8) is 0 Å². The fourth-order valence-corrected chi connectivity index (χ4v) is 1.81. The van der Waals surface area contributed by atoms with Crippen LogP contribution in [-0.2, 0) is 11.2 Å². The highest BCUT2D eigenvalue weighted by atomic mass is 16.3. The molecule has 0 fully saturated rings. The molecule has 15 heavy (non-hydrogen) atoms. The second-order valence-corrected chi connectivity index (χ2v) is 3.92. The molecule has 0 aliphatic heterocycles. The number of nitrogens with two attached hydrogens (primary N) is 1. The average molecular weight is 209 g/mol. The third kappa shape index (κ3) is 2.48. The highest BCUT2D eigenvalue weighted by molar-refractivity contribution is 5.86. The molecule has 84 valence electrons. The zero-order valence-electron chi connectivity index (χ0n) is 9.45. The Bertz CT molecular complexity index is 291. The first kappa shape index (κ1) is 12.0. The fourth-order valence-electron chi connectivity index (χ4n) is 1.81. The molecule has 0 saturated carbocycles. The van der Waals surface area contributed by atoms with E-state index >= 15 is 0 Å². The molecule has 2 N–H and O–H groups in total. The maximum absolute atomic E-state index is 12.1. The van der Waals surface area contributed by atoms with Gasteiger partial charge in [0.2, 0.25) is 0 Å². The summed E-state index contributed by atoms with van der Waals surface area (Å²) in [7, 11) is 0. The maximum Gasteiger partial charge on any atom is 0.144 e. The second-order valence-electron chi connectivity index (χ2n) is 3.92. The molecule has 3 nitrogen and oxygen atoms in total. The van der Waals surface area contributed by atoms with Crippen LogP contribution in [0.1, 0.15) is 32.3 Å². The quantitative estimate of drug-likeness (QED) is 0.781. The summed E-state index contributed by atoms with van der Waals surface area (Å²) in [4.78, 5) is 12.1. The van der Waals surface area contributed by atoms with E-state index in [9.17, 15) is 4.79 Å². The van der Waals surface area contributed by atoms with Crippen LogP contribution in [0, 0.1) is 5.41 Å². The number of Topliss-reactive ketones (excluding diaryl/α,β-unsaturated/α-hetero) is 1. The molecule has 0 aliphatic rings. The monoisotopic (exact) mass is 209 g/mol. The molecule has 1 rings (SSSR count). The third-order valence-electron chi connectivity index (χ3n) is 3.28. The van der Waals surface area contributed by atoms with Crippen LogP contribution in [0.2, 0.25) is 0 Å². The van der Waals surface area contributed by atoms with Crippen LogP contribution in [0.15, 0.2) is 23.0 Å². The van der Waals surface area contributed by atoms with Gasteiger partial charge in [0, 0.05) is 18.4 Å². The van der Waals surface area contributed by atoms with Crippen molar-refractivity contribution in [2.45, 2.75) is 33.1 Å². The first-order valence-electron chi connectivity index (χ1n) is 5.43. The van der Waals surface area contributed by atoms with Crippen molar-refractivity contribution < 1.29 is 9.21 Å². The highest BCUT2D eigenvalue weighted by Gasteiger charge is 2.32. The summed E-state index contributed by atoms with van der Waals surface area (Å²) in [5.41, 5.74) is 6.29. The molecule has 0 atom stereocenters. The summed E-state index contributed by atoms with van der Waals surface area (Å²) in [6, 6.07) is 1.82. The number of hydrogen-bond acceptors (Lipinski definition) is 3. The van der Waals surface area contributed by atoms with Crippen LogP contribution < -0.4 is 5.73 Å². The predicted molar refractivity (Wildman–Crippen MR) is 59.5 cm³/mol. The average Bonchev–Trinajstić information content (AvgIpc) is 2.74. The minimum atomic E-state index is -0.350. The molecule has 0 aromatic carbocycles. The van der Waals surface area contributed by atoms with E-state index in [1.165, 1.54) is 0 Å². The molecule has 1 aromatic rings. The van der Waals surface area contributed by atoms with Crippen LogP contribution >= 0.6 is 0 Å². The van der Waals surface area contributed by atoms with Crippen molar-refractivity contribution in [1.29, 1.82) is 0 Å². The molecule has 0 saturated heterocycles. The van der Waals surface area contributed by atoms with E-state index in [1.807, 2.05) is 19.9 Å². The summed E-state index contributed by atoms with van der Waals surface area (Å²) >= 11 is 0. The van der Waals surface area contributed by atoms with E-state index in [-0.39, 0.29) is 11.2 Å². The van der Waals surface area contributed by atoms with E-state index in [1.54, 1.807) is 12.5 Å². The summed E-state index contributed by atoms with van der Waals surface area (Å²) < 4.78 is 4.95. The molecular weight excluding hydrogens is 190 g/mol. The van der Waals surface area contributed by atoms with Crippen molar-refractivity contribution in [3.8, 4) is 0 Å². The largest absolute Gasteiger partial charge is 0.472 e. The standard InChI is InChI=1S/C12H19NO2/c1-3-12(4-2,9-13)11(14)7-10-5-6-15-8-10/h5-6,8H,3-4,7,9,13H2,1-2H3. The Labute approximate surface area is 90.6 Å². The van der Waals surface area contributed by atoms with Crippen LogP contribution in [-0.4, -0.2) is 12.3 Å². The van der Waals surface area contributed by atoms with E-state index in [0.717, 1.165) is 18.4 Å². The van der Waals surface area contributed by atoms with Gasteiger partial charge in [-0.2, -0.15) is 0 Å². The van der Waals surface area contributed by atoms with Gasteiger partial charge < -0.3 is 10.2 Å². The van der Waals surface area contributed by atoms with Crippen molar-refractivity contribution in [1.82, 2.24) is 0 Å². The Morgan fingerprint density at radius 2 is 2.13 bits per heavy atom. The minimum Gasteiger partial charge on any atom is -0.472 e. The van der Waals surface area contributed by atoms with E-state index in [2.05, 4.69) is 0 Å². The van der Waals surface area contributed by atoms with Crippen LogP contribution in [0.5, 0.6) is 0 Å². The lowest BCUT2D eigenvalue weighted by Gasteiger charge is -2.28. The molecular formula is C12H19NO2. The fraction of sp³-hybridized carbons (Fsp3) is 0.583. The van der Waals surface area contributed by atoms with Gasteiger partial charge in [0.25, 0.3) is 0 Å². The lowest BCUT2D eigenvalue weighted by Crippen LogP contribution is -2.38. The number of ketones is 1. The number of hydrogen-bond donors (Lipinski definition) is 1. The van der Waals surface area contributed by atoms with Crippen molar-refractivity contribution >= 4 is 5.78 Å². The van der Waals surface area contributed by atoms with Gasteiger partial charge in [0.1, 0.15) is 5.78 Å². The van der Waals surface area contributed by atoms with Gasteiger partial charge in [0.05, 0.1) is 12.5 Å². The van der Waals surface area contributed by atoms with Crippen LogP contribution in [0.25, 0.3) is 0 Å². The van der Waals surface area contributed by atoms with Gasteiger partial charge in [-0.15, -0.1) is 0 Å². The molecule has 1 heterocycles. The van der Waals surface area contributed by atoms with Gasteiger partial charge in [-0.05, 0) is 24.5 Å². The summed E-state index contributed by atoms with van der Waals surface area (Å²) in [6.07, 6.45) is 5.23. The second kappa shape index (κ2) is 5.12. The van der Waals surface area contributed by atoms with E-state index in [4.69, 9.17) is 10.2 Å². The summed E-state index contributed by atoms with van der Waals surface area (Å²) in [5.74, 6) is 0.219. The zero-order valence-corrected chi connectivity index (χ0v) is 9.45. The normalized spacial score (nSPS) is 11.7. The molecule has 0 unspecified atom stereocenters. The topological polar surface area (TPSA) is 56.2 Å². The predicted octanol–water partition coefficient (Wildman–Crippen LogP) is 2.16. The van der Waals surface area contributed by atoms with Crippen LogP contribution in [0.3, 0.4) is 0 Å². The Kier molecular flexibility index (Phi) is 4.09. The molecule has 0 amide bonds. The van der Waals surface area contributed by atoms with Crippen molar-refractivity contribution in [2.75, 3.05) is 6.54 Å².